The molecule has 0 unspecified atom stereocenters. The lowest BCUT2D eigenvalue weighted by atomic mass is 9.90. The number of hydrogen-bond acceptors (Lipinski definition) is 2. The van der Waals surface area contributed by atoms with Crippen molar-refractivity contribution in [3.8, 4) is 28.0 Å². The molecule has 2 nitrogen and oxygen atoms in total. The SMILES string of the molecule is Oc1ccccc1-c1cc2c3c(cccc3c1)-c1ccccc1N2. The van der Waals surface area contributed by atoms with Crippen LogP contribution in [0.4, 0.5) is 11.4 Å². The van der Waals surface area contributed by atoms with E-state index in [1.165, 1.54) is 21.9 Å². The Bertz CT molecular complexity index is 1100. The van der Waals surface area contributed by atoms with Gasteiger partial charge >= 0.3 is 0 Å². The predicted molar refractivity (Wildman–Crippen MR) is 99.8 cm³/mol. The highest BCUT2D eigenvalue weighted by Gasteiger charge is 2.18. The van der Waals surface area contributed by atoms with Crippen LogP contribution in [0.2, 0.25) is 0 Å². The topological polar surface area (TPSA) is 32.3 Å². The minimum atomic E-state index is 0.302. The molecule has 0 fully saturated rings. The van der Waals surface area contributed by atoms with Gasteiger partial charge in [-0.1, -0.05) is 54.6 Å². The maximum absolute atomic E-state index is 10.2. The number of aromatic hydroxyl groups is 1. The summed E-state index contributed by atoms with van der Waals surface area (Å²) in [7, 11) is 0. The first-order chi connectivity index (χ1) is 11.8. The van der Waals surface area contributed by atoms with E-state index in [2.05, 4.69) is 53.8 Å². The number of phenols is 1. The normalized spacial score (nSPS) is 11.8. The second-order valence-electron chi connectivity index (χ2n) is 6.12. The summed E-state index contributed by atoms with van der Waals surface area (Å²) < 4.78 is 0. The lowest BCUT2D eigenvalue weighted by Crippen LogP contribution is -2.01. The zero-order chi connectivity index (χ0) is 16.1. The van der Waals surface area contributed by atoms with Gasteiger partial charge in [-0.2, -0.15) is 0 Å². The third-order valence-electron chi connectivity index (χ3n) is 4.68. The molecule has 0 aliphatic carbocycles. The summed E-state index contributed by atoms with van der Waals surface area (Å²) in [5.41, 5.74) is 6.54. The quantitative estimate of drug-likeness (QED) is 0.402. The van der Waals surface area contributed by atoms with Crippen molar-refractivity contribution in [2.75, 3.05) is 5.32 Å². The lowest BCUT2D eigenvalue weighted by Gasteiger charge is -2.23. The predicted octanol–water partition coefficient (Wildman–Crippen LogP) is 5.94. The first-order valence-corrected chi connectivity index (χ1v) is 8.03. The number of para-hydroxylation sites is 2. The molecule has 5 rings (SSSR count). The smallest absolute Gasteiger partial charge is 0.123 e. The van der Waals surface area contributed by atoms with Gasteiger partial charge in [-0.25, -0.2) is 0 Å². The third-order valence-corrected chi connectivity index (χ3v) is 4.68. The molecule has 0 spiro atoms. The van der Waals surface area contributed by atoms with Gasteiger partial charge in [0.2, 0.25) is 0 Å². The van der Waals surface area contributed by atoms with Gasteiger partial charge < -0.3 is 10.4 Å². The van der Waals surface area contributed by atoms with Crippen LogP contribution in [0.25, 0.3) is 33.0 Å². The van der Waals surface area contributed by atoms with Crippen LogP contribution in [0, 0.1) is 0 Å². The number of benzene rings is 4. The number of hydrogen-bond donors (Lipinski definition) is 2. The summed E-state index contributed by atoms with van der Waals surface area (Å²) in [4.78, 5) is 0. The van der Waals surface area contributed by atoms with Crippen LogP contribution in [0.15, 0.2) is 78.9 Å². The van der Waals surface area contributed by atoms with Gasteiger partial charge in [0.1, 0.15) is 5.75 Å². The van der Waals surface area contributed by atoms with Gasteiger partial charge in [0.05, 0.1) is 0 Å². The Labute approximate surface area is 140 Å². The van der Waals surface area contributed by atoms with Crippen LogP contribution in [0.1, 0.15) is 0 Å². The molecule has 114 valence electrons. The third kappa shape index (κ3) is 1.83. The fourth-order valence-electron chi connectivity index (χ4n) is 3.60. The molecule has 4 aromatic carbocycles. The molecule has 0 aromatic heterocycles. The van der Waals surface area contributed by atoms with Crippen LogP contribution in [-0.4, -0.2) is 5.11 Å². The van der Waals surface area contributed by atoms with Gasteiger partial charge in [-0.3, -0.25) is 0 Å². The fraction of sp³-hybridized carbons (Fsp3) is 0. The lowest BCUT2D eigenvalue weighted by molar-refractivity contribution is 0.477. The fourth-order valence-corrected chi connectivity index (χ4v) is 3.60. The molecule has 0 bridgehead atoms. The van der Waals surface area contributed by atoms with E-state index in [1.54, 1.807) is 6.07 Å². The molecule has 1 aliphatic heterocycles. The Morgan fingerprint density at radius 3 is 2.25 bits per heavy atom. The Morgan fingerprint density at radius 1 is 0.625 bits per heavy atom. The van der Waals surface area contributed by atoms with E-state index in [-0.39, 0.29) is 0 Å². The Kier molecular flexibility index (Phi) is 2.68. The highest BCUT2D eigenvalue weighted by atomic mass is 16.3. The first-order valence-electron chi connectivity index (χ1n) is 8.03. The maximum atomic E-state index is 10.2. The van der Waals surface area contributed by atoms with Crippen molar-refractivity contribution >= 4 is 22.1 Å². The molecule has 24 heavy (non-hydrogen) atoms. The average Bonchev–Trinajstić information content (AvgIpc) is 2.62. The molecule has 1 heterocycles. The highest BCUT2D eigenvalue weighted by molar-refractivity contribution is 6.12. The summed E-state index contributed by atoms with van der Waals surface area (Å²) in [6.07, 6.45) is 0. The molecule has 0 saturated carbocycles. The first kappa shape index (κ1) is 13.2. The summed E-state index contributed by atoms with van der Waals surface area (Å²) in [5.74, 6) is 0.302. The van der Waals surface area contributed by atoms with Gasteiger partial charge in [0, 0.05) is 27.9 Å². The highest BCUT2D eigenvalue weighted by Crippen LogP contribution is 2.45. The number of nitrogens with one attached hydrogen (secondary N) is 1. The van der Waals surface area contributed by atoms with Crippen molar-refractivity contribution in [3.05, 3.63) is 78.9 Å². The van der Waals surface area contributed by atoms with E-state index in [1.807, 2.05) is 24.3 Å². The van der Waals surface area contributed by atoms with E-state index >= 15 is 0 Å². The van der Waals surface area contributed by atoms with Crippen LogP contribution in [-0.2, 0) is 0 Å². The van der Waals surface area contributed by atoms with Crippen LogP contribution < -0.4 is 5.32 Å². The molecule has 2 heteroatoms. The molecular formula is C22H15NO. The Morgan fingerprint density at radius 2 is 1.38 bits per heavy atom. The number of fused-ring (bicyclic) bond motifs is 2. The monoisotopic (exact) mass is 309 g/mol. The van der Waals surface area contributed by atoms with Crippen molar-refractivity contribution in [3.63, 3.8) is 0 Å². The molecule has 4 aromatic rings. The number of rotatable bonds is 1. The van der Waals surface area contributed by atoms with E-state index in [0.29, 0.717) is 5.75 Å². The van der Waals surface area contributed by atoms with Crippen molar-refractivity contribution in [2.24, 2.45) is 0 Å². The molecule has 1 aliphatic rings. The van der Waals surface area contributed by atoms with Gasteiger partial charge in [0.25, 0.3) is 0 Å². The van der Waals surface area contributed by atoms with E-state index in [4.69, 9.17) is 0 Å². The van der Waals surface area contributed by atoms with Crippen LogP contribution >= 0.6 is 0 Å². The van der Waals surface area contributed by atoms with E-state index < -0.39 is 0 Å². The van der Waals surface area contributed by atoms with E-state index in [0.717, 1.165) is 22.5 Å². The standard InChI is InChI=1S/C22H15NO/c24-21-11-4-2-7-16(21)15-12-14-6-5-9-18-17-8-1-3-10-19(17)23-20(13-15)22(14)18/h1-13,23-24H. The number of phenolic OH excluding ortho intramolecular Hbond substituents is 1. The molecule has 0 radical (unpaired) electrons. The second kappa shape index (κ2) is 4.87. The van der Waals surface area contributed by atoms with Gasteiger partial charge in [0.15, 0.2) is 0 Å². The molecule has 2 N–H and O–H groups in total. The summed E-state index contributed by atoms with van der Waals surface area (Å²) >= 11 is 0. The molecule has 0 atom stereocenters. The van der Waals surface area contributed by atoms with Crippen molar-refractivity contribution in [2.45, 2.75) is 0 Å². The molecular weight excluding hydrogens is 294 g/mol. The molecule has 0 amide bonds. The summed E-state index contributed by atoms with van der Waals surface area (Å²) in [5, 5.41) is 16.2. The van der Waals surface area contributed by atoms with Gasteiger partial charge in [-0.15, -0.1) is 0 Å². The summed E-state index contributed by atoms with van der Waals surface area (Å²) in [6, 6.07) is 26.5. The zero-order valence-corrected chi connectivity index (χ0v) is 13.0. The Hall–Kier alpha value is -3.26. The second-order valence-corrected chi connectivity index (χ2v) is 6.12. The van der Waals surface area contributed by atoms with Crippen molar-refractivity contribution < 1.29 is 5.11 Å². The average molecular weight is 309 g/mol. The van der Waals surface area contributed by atoms with Crippen LogP contribution in [0.5, 0.6) is 5.75 Å². The minimum Gasteiger partial charge on any atom is -0.507 e. The van der Waals surface area contributed by atoms with E-state index in [9.17, 15) is 5.11 Å². The Balaban J connectivity index is 1.84. The zero-order valence-electron chi connectivity index (χ0n) is 13.0. The van der Waals surface area contributed by atoms with Crippen molar-refractivity contribution in [1.29, 1.82) is 0 Å². The van der Waals surface area contributed by atoms with Crippen molar-refractivity contribution in [1.82, 2.24) is 0 Å². The minimum absolute atomic E-state index is 0.302. The van der Waals surface area contributed by atoms with Gasteiger partial charge in [-0.05, 0) is 40.8 Å². The van der Waals surface area contributed by atoms with Crippen LogP contribution in [0.3, 0.4) is 0 Å². The number of anilines is 2. The summed E-state index contributed by atoms with van der Waals surface area (Å²) in [6.45, 7) is 0. The molecule has 0 saturated heterocycles. The largest absolute Gasteiger partial charge is 0.507 e. The maximum Gasteiger partial charge on any atom is 0.123 e.